The van der Waals surface area contributed by atoms with E-state index >= 15 is 0 Å². The first-order valence-electron chi connectivity index (χ1n) is 5.91. The molecule has 7 nitrogen and oxygen atoms in total. The summed E-state index contributed by atoms with van der Waals surface area (Å²) in [5.41, 5.74) is 5.77. The van der Waals surface area contributed by atoms with E-state index in [1.165, 1.54) is 33.5 Å². The number of nitrogens with one attached hydrogen (secondary N) is 1. The quantitative estimate of drug-likeness (QED) is 0.764. The Balaban J connectivity index is 0.00000400. The molecule has 3 N–H and O–H groups in total. The van der Waals surface area contributed by atoms with Crippen LogP contribution in [0.4, 0.5) is 5.69 Å². The fraction of sp³-hybridized carbons (Fsp3) is 0.385. The number of carbonyl (C=O) groups is 2. The minimum atomic E-state index is -0.589. The van der Waals surface area contributed by atoms with Crippen LogP contribution in [0, 0.1) is 0 Å². The van der Waals surface area contributed by atoms with Crippen molar-refractivity contribution < 1.29 is 23.8 Å². The van der Waals surface area contributed by atoms with Gasteiger partial charge in [-0.2, -0.15) is 0 Å². The molecule has 1 aromatic carbocycles. The van der Waals surface area contributed by atoms with Crippen molar-refractivity contribution in [3.63, 3.8) is 0 Å². The van der Waals surface area contributed by atoms with Gasteiger partial charge in [0.2, 0.25) is 5.91 Å². The molecule has 0 aromatic heterocycles. The summed E-state index contributed by atoms with van der Waals surface area (Å²) in [6.45, 7) is 0.215. The Morgan fingerprint density at radius 2 is 1.71 bits per heavy atom. The Bertz CT molecular complexity index is 508. The van der Waals surface area contributed by atoms with Crippen LogP contribution in [0.15, 0.2) is 12.1 Å². The first kappa shape index (κ1) is 19.0. The van der Waals surface area contributed by atoms with Crippen molar-refractivity contribution >= 4 is 30.0 Å². The van der Waals surface area contributed by atoms with E-state index in [2.05, 4.69) is 10.1 Å². The van der Waals surface area contributed by atoms with E-state index in [1.807, 2.05) is 0 Å². The fourth-order valence-corrected chi connectivity index (χ4v) is 1.61. The topological polar surface area (TPSA) is 99.9 Å². The molecule has 0 atom stereocenters. The summed E-state index contributed by atoms with van der Waals surface area (Å²) < 4.78 is 14.9. The zero-order chi connectivity index (χ0) is 15.1. The molecule has 1 aromatic rings. The average molecular weight is 319 g/mol. The number of benzene rings is 1. The van der Waals surface area contributed by atoms with Crippen LogP contribution in [0.25, 0.3) is 0 Å². The Kier molecular flexibility index (Phi) is 8.18. The van der Waals surface area contributed by atoms with Gasteiger partial charge in [-0.25, -0.2) is 4.79 Å². The van der Waals surface area contributed by atoms with Crippen LogP contribution in [0.1, 0.15) is 16.8 Å². The van der Waals surface area contributed by atoms with Gasteiger partial charge < -0.3 is 25.3 Å². The van der Waals surface area contributed by atoms with E-state index in [0.717, 1.165) is 0 Å². The lowest BCUT2D eigenvalue weighted by atomic mass is 10.1. The standard InChI is InChI=1S/C13H18N2O5.ClH/c1-18-10-6-8(13(17)20-3)9(7-11(10)19-2)15-12(16)4-5-14;/h6-7H,4-5,14H2,1-3H3,(H,15,16);1H. The van der Waals surface area contributed by atoms with Crippen molar-refractivity contribution in [1.82, 2.24) is 0 Å². The van der Waals surface area contributed by atoms with Gasteiger partial charge in [0.05, 0.1) is 32.6 Å². The Morgan fingerprint density at radius 3 is 2.19 bits per heavy atom. The van der Waals surface area contributed by atoms with Gasteiger partial charge in [0, 0.05) is 25.1 Å². The van der Waals surface area contributed by atoms with Gasteiger partial charge in [0.1, 0.15) is 0 Å². The Labute approximate surface area is 129 Å². The van der Waals surface area contributed by atoms with E-state index in [9.17, 15) is 9.59 Å². The summed E-state index contributed by atoms with van der Waals surface area (Å²) in [5, 5.41) is 2.60. The van der Waals surface area contributed by atoms with Crippen LogP contribution >= 0.6 is 12.4 Å². The number of halogens is 1. The first-order chi connectivity index (χ1) is 9.57. The highest BCUT2D eigenvalue weighted by Crippen LogP contribution is 2.33. The van der Waals surface area contributed by atoms with Gasteiger partial charge in [-0.05, 0) is 0 Å². The van der Waals surface area contributed by atoms with Crippen molar-refractivity contribution in [3.8, 4) is 11.5 Å². The third-order valence-electron chi connectivity index (χ3n) is 2.57. The van der Waals surface area contributed by atoms with Crippen molar-refractivity contribution in [3.05, 3.63) is 17.7 Å². The summed E-state index contributed by atoms with van der Waals surface area (Å²) >= 11 is 0. The molecule has 8 heteroatoms. The number of nitrogens with two attached hydrogens (primary N) is 1. The van der Waals surface area contributed by atoms with Gasteiger partial charge in [-0.1, -0.05) is 0 Å². The zero-order valence-electron chi connectivity index (χ0n) is 12.1. The normalized spacial score (nSPS) is 9.33. The van der Waals surface area contributed by atoms with Crippen LogP contribution in [0.2, 0.25) is 0 Å². The smallest absolute Gasteiger partial charge is 0.340 e. The lowest BCUT2D eigenvalue weighted by Gasteiger charge is -2.14. The number of anilines is 1. The highest BCUT2D eigenvalue weighted by atomic mass is 35.5. The van der Waals surface area contributed by atoms with Gasteiger partial charge in [-0.15, -0.1) is 12.4 Å². The number of hydrogen-bond donors (Lipinski definition) is 2. The average Bonchev–Trinajstić information content (AvgIpc) is 2.46. The molecule has 118 valence electrons. The molecule has 0 heterocycles. The molecular weight excluding hydrogens is 300 g/mol. The van der Waals surface area contributed by atoms with E-state index in [0.29, 0.717) is 11.5 Å². The number of hydrogen-bond acceptors (Lipinski definition) is 6. The molecule has 0 aliphatic rings. The molecule has 1 rings (SSSR count). The molecule has 0 fully saturated rings. The summed E-state index contributed by atoms with van der Waals surface area (Å²) in [6, 6.07) is 2.95. The number of carbonyl (C=O) groups excluding carboxylic acids is 2. The molecule has 0 saturated carbocycles. The second kappa shape index (κ2) is 9.04. The molecule has 0 saturated heterocycles. The third-order valence-corrected chi connectivity index (χ3v) is 2.57. The minimum Gasteiger partial charge on any atom is -0.493 e. The Hall–Kier alpha value is -1.99. The van der Waals surface area contributed by atoms with Gasteiger partial charge in [0.25, 0.3) is 0 Å². The number of esters is 1. The van der Waals surface area contributed by atoms with Crippen molar-refractivity contribution in [1.29, 1.82) is 0 Å². The number of methoxy groups -OCH3 is 3. The van der Waals surface area contributed by atoms with Gasteiger partial charge in [0.15, 0.2) is 11.5 Å². The molecule has 0 bridgehead atoms. The number of rotatable bonds is 6. The van der Waals surface area contributed by atoms with E-state index in [-0.39, 0.29) is 42.5 Å². The summed E-state index contributed by atoms with van der Waals surface area (Å²) in [7, 11) is 4.16. The lowest BCUT2D eigenvalue weighted by molar-refractivity contribution is -0.116. The van der Waals surface area contributed by atoms with Crippen LogP contribution in [0.3, 0.4) is 0 Å². The number of ether oxygens (including phenoxy) is 3. The molecule has 0 aliphatic heterocycles. The van der Waals surface area contributed by atoms with Crippen LogP contribution in [-0.2, 0) is 9.53 Å². The summed E-state index contributed by atoms with van der Waals surface area (Å²) in [6.07, 6.45) is 0.148. The van der Waals surface area contributed by atoms with E-state index in [4.69, 9.17) is 15.2 Å². The van der Waals surface area contributed by atoms with Crippen LogP contribution in [-0.4, -0.2) is 39.8 Å². The van der Waals surface area contributed by atoms with Crippen molar-refractivity contribution in [2.75, 3.05) is 33.2 Å². The summed E-state index contributed by atoms with van der Waals surface area (Å²) in [5.74, 6) is -0.133. The molecule has 0 unspecified atom stereocenters. The summed E-state index contributed by atoms with van der Waals surface area (Å²) in [4.78, 5) is 23.4. The van der Waals surface area contributed by atoms with Crippen molar-refractivity contribution in [2.45, 2.75) is 6.42 Å². The number of amides is 1. The fourth-order valence-electron chi connectivity index (χ4n) is 1.61. The molecular formula is C13H19ClN2O5. The SMILES string of the molecule is COC(=O)c1cc(OC)c(OC)cc1NC(=O)CCN.Cl. The van der Waals surface area contributed by atoms with E-state index in [1.54, 1.807) is 0 Å². The lowest BCUT2D eigenvalue weighted by Crippen LogP contribution is -2.18. The molecule has 0 spiro atoms. The molecule has 0 aliphatic carbocycles. The predicted molar refractivity (Wildman–Crippen MR) is 80.4 cm³/mol. The van der Waals surface area contributed by atoms with Crippen molar-refractivity contribution in [2.24, 2.45) is 5.73 Å². The monoisotopic (exact) mass is 318 g/mol. The predicted octanol–water partition coefficient (Wildman–Crippen LogP) is 1.20. The van der Waals surface area contributed by atoms with Crippen LogP contribution in [0.5, 0.6) is 11.5 Å². The van der Waals surface area contributed by atoms with Gasteiger partial charge >= 0.3 is 5.97 Å². The minimum absolute atomic E-state index is 0. The maximum absolute atomic E-state index is 11.7. The first-order valence-corrected chi connectivity index (χ1v) is 5.91. The highest BCUT2D eigenvalue weighted by Gasteiger charge is 2.18. The van der Waals surface area contributed by atoms with Gasteiger partial charge in [-0.3, -0.25) is 4.79 Å². The van der Waals surface area contributed by atoms with Crippen LogP contribution < -0.4 is 20.5 Å². The second-order valence-corrected chi connectivity index (χ2v) is 3.83. The second-order valence-electron chi connectivity index (χ2n) is 3.83. The largest absolute Gasteiger partial charge is 0.493 e. The molecule has 21 heavy (non-hydrogen) atoms. The third kappa shape index (κ3) is 4.80. The Morgan fingerprint density at radius 1 is 1.14 bits per heavy atom. The maximum Gasteiger partial charge on any atom is 0.340 e. The zero-order valence-corrected chi connectivity index (χ0v) is 12.9. The van der Waals surface area contributed by atoms with E-state index < -0.39 is 5.97 Å². The molecule has 1 amide bonds. The highest BCUT2D eigenvalue weighted by molar-refractivity contribution is 6.02. The molecule has 0 radical (unpaired) electrons. The maximum atomic E-state index is 11.7.